The Morgan fingerprint density at radius 2 is 2.11 bits per heavy atom. The van der Waals surface area contributed by atoms with Crippen LogP contribution in [-0.4, -0.2) is 23.4 Å². The summed E-state index contributed by atoms with van der Waals surface area (Å²) < 4.78 is 10.7. The summed E-state index contributed by atoms with van der Waals surface area (Å²) >= 11 is 0. The van der Waals surface area contributed by atoms with Gasteiger partial charge in [0.2, 0.25) is 5.89 Å². The molecule has 0 radical (unpaired) electrons. The highest BCUT2D eigenvalue weighted by atomic mass is 16.5. The molecule has 1 aromatic heterocycles. The van der Waals surface area contributed by atoms with Gasteiger partial charge in [0.1, 0.15) is 0 Å². The Morgan fingerprint density at radius 3 is 2.84 bits per heavy atom. The first-order valence-electron chi connectivity index (χ1n) is 6.54. The molecule has 0 amide bonds. The molecule has 0 bridgehead atoms. The topological polar surface area (TPSA) is 74.2 Å². The van der Waals surface area contributed by atoms with Crippen molar-refractivity contribution in [1.29, 1.82) is 0 Å². The van der Waals surface area contributed by atoms with Gasteiger partial charge in [0, 0.05) is 19.1 Å². The van der Waals surface area contributed by atoms with E-state index in [-0.39, 0.29) is 5.92 Å². The second-order valence-electron chi connectivity index (χ2n) is 4.76. The Bertz CT molecular complexity index is 547. The fourth-order valence-corrected chi connectivity index (χ4v) is 2.34. The molecule has 1 atom stereocenters. The first kappa shape index (κ1) is 12.3. The molecule has 5 heteroatoms. The highest BCUT2D eigenvalue weighted by Crippen LogP contribution is 2.23. The highest BCUT2D eigenvalue weighted by Gasteiger charge is 2.23. The van der Waals surface area contributed by atoms with Crippen molar-refractivity contribution in [2.45, 2.75) is 25.3 Å². The van der Waals surface area contributed by atoms with E-state index in [1.807, 2.05) is 24.3 Å². The molecule has 2 heterocycles. The summed E-state index contributed by atoms with van der Waals surface area (Å²) in [6, 6.07) is 8.06. The van der Waals surface area contributed by atoms with Crippen molar-refractivity contribution in [1.82, 2.24) is 10.1 Å². The minimum Gasteiger partial charge on any atom is -0.381 e. The lowest BCUT2D eigenvalue weighted by Gasteiger charge is -2.04. The Balaban J connectivity index is 1.76. The lowest BCUT2D eigenvalue weighted by molar-refractivity contribution is 0.192. The summed E-state index contributed by atoms with van der Waals surface area (Å²) in [6.07, 6.45) is 1.60. The van der Waals surface area contributed by atoms with Crippen LogP contribution in [0.5, 0.6) is 0 Å². The van der Waals surface area contributed by atoms with Crippen LogP contribution in [0.15, 0.2) is 28.8 Å². The van der Waals surface area contributed by atoms with E-state index in [0.717, 1.165) is 30.0 Å². The molecule has 2 aromatic rings. The molecule has 19 heavy (non-hydrogen) atoms. The monoisotopic (exact) mass is 259 g/mol. The standard InChI is InChI=1S/C14H17N3O2/c15-8-11-4-2-1-3-10(11)7-13-16-14(17-19-13)12-5-6-18-9-12/h1-4,12H,5-9,15H2. The van der Waals surface area contributed by atoms with E-state index < -0.39 is 0 Å². The van der Waals surface area contributed by atoms with E-state index in [4.69, 9.17) is 15.0 Å². The molecule has 0 spiro atoms. The average molecular weight is 259 g/mol. The van der Waals surface area contributed by atoms with Gasteiger partial charge < -0.3 is 15.0 Å². The fourth-order valence-electron chi connectivity index (χ4n) is 2.34. The Morgan fingerprint density at radius 1 is 1.26 bits per heavy atom. The third-order valence-corrected chi connectivity index (χ3v) is 3.46. The van der Waals surface area contributed by atoms with E-state index in [0.29, 0.717) is 25.5 Å². The van der Waals surface area contributed by atoms with Crippen LogP contribution in [-0.2, 0) is 17.7 Å². The van der Waals surface area contributed by atoms with Crippen molar-refractivity contribution < 1.29 is 9.26 Å². The Kier molecular flexibility index (Phi) is 3.57. The van der Waals surface area contributed by atoms with Gasteiger partial charge in [0.25, 0.3) is 0 Å². The predicted molar refractivity (Wildman–Crippen MR) is 69.6 cm³/mol. The van der Waals surface area contributed by atoms with E-state index in [9.17, 15) is 0 Å². The van der Waals surface area contributed by atoms with E-state index in [2.05, 4.69) is 10.1 Å². The van der Waals surface area contributed by atoms with Gasteiger partial charge in [-0.05, 0) is 17.5 Å². The van der Waals surface area contributed by atoms with Crippen molar-refractivity contribution in [3.63, 3.8) is 0 Å². The molecule has 1 aliphatic heterocycles. The van der Waals surface area contributed by atoms with Crippen LogP contribution in [0, 0.1) is 0 Å². The molecule has 100 valence electrons. The first-order chi connectivity index (χ1) is 9.36. The molecular formula is C14H17N3O2. The van der Waals surface area contributed by atoms with Crippen LogP contribution in [0.2, 0.25) is 0 Å². The molecule has 1 unspecified atom stereocenters. The smallest absolute Gasteiger partial charge is 0.231 e. The SMILES string of the molecule is NCc1ccccc1Cc1nc(C2CCOC2)no1. The number of ether oxygens (including phenoxy) is 1. The predicted octanol–water partition coefficient (Wildman–Crippen LogP) is 1.62. The highest BCUT2D eigenvalue weighted by molar-refractivity contribution is 5.29. The lowest BCUT2D eigenvalue weighted by atomic mass is 10.0. The molecule has 3 rings (SSSR count). The number of hydrogen-bond acceptors (Lipinski definition) is 5. The first-order valence-corrected chi connectivity index (χ1v) is 6.54. The Labute approximate surface area is 111 Å². The van der Waals surface area contributed by atoms with Crippen molar-refractivity contribution >= 4 is 0 Å². The second-order valence-corrected chi connectivity index (χ2v) is 4.76. The number of nitrogens with zero attached hydrogens (tertiary/aromatic N) is 2. The summed E-state index contributed by atoms with van der Waals surface area (Å²) in [6.45, 7) is 2.00. The van der Waals surface area contributed by atoms with Crippen LogP contribution < -0.4 is 5.73 Å². The second kappa shape index (κ2) is 5.50. The largest absolute Gasteiger partial charge is 0.381 e. The van der Waals surface area contributed by atoms with Gasteiger partial charge in [0.05, 0.1) is 13.0 Å². The third-order valence-electron chi connectivity index (χ3n) is 3.46. The normalized spacial score (nSPS) is 18.9. The van der Waals surface area contributed by atoms with Crippen molar-refractivity contribution in [2.24, 2.45) is 5.73 Å². The van der Waals surface area contributed by atoms with Gasteiger partial charge in [-0.15, -0.1) is 0 Å². The van der Waals surface area contributed by atoms with Gasteiger partial charge in [-0.1, -0.05) is 29.4 Å². The summed E-state index contributed by atoms with van der Waals surface area (Å²) in [7, 11) is 0. The molecule has 1 saturated heterocycles. The number of nitrogens with two attached hydrogens (primary N) is 1. The van der Waals surface area contributed by atoms with Gasteiger partial charge in [0.15, 0.2) is 5.82 Å². The summed E-state index contributed by atoms with van der Waals surface area (Å²) in [5, 5.41) is 4.05. The average Bonchev–Trinajstić information content (AvgIpc) is 3.09. The van der Waals surface area contributed by atoms with E-state index in [1.54, 1.807) is 0 Å². The summed E-state index contributed by atoms with van der Waals surface area (Å²) in [4.78, 5) is 4.46. The number of aromatic nitrogens is 2. The van der Waals surface area contributed by atoms with Crippen LogP contribution in [0.1, 0.15) is 35.2 Å². The minimum absolute atomic E-state index is 0.280. The lowest BCUT2D eigenvalue weighted by Crippen LogP contribution is -2.03. The molecule has 0 aliphatic carbocycles. The van der Waals surface area contributed by atoms with E-state index >= 15 is 0 Å². The quantitative estimate of drug-likeness (QED) is 0.903. The van der Waals surface area contributed by atoms with Gasteiger partial charge in [-0.25, -0.2) is 0 Å². The molecular weight excluding hydrogens is 242 g/mol. The molecule has 0 saturated carbocycles. The number of benzene rings is 1. The van der Waals surface area contributed by atoms with Crippen molar-refractivity contribution in [3.05, 3.63) is 47.1 Å². The van der Waals surface area contributed by atoms with Gasteiger partial charge in [-0.3, -0.25) is 0 Å². The molecule has 2 N–H and O–H groups in total. The molecule has 1 fully saturated rings. The van der Waals surface area contributed by atoms with Gasteiger partial charge in [-0.2, -0.15) is 4.98 Å². The van der Waals surface area contributed by atoms with E-state index in [1.165, 1.54) is 0 Å². The minimum atomic E-state index is 0.280. The zero-order chi connectivity index (χ0) is 13.1. The fraction of sp³-hybridized carbons (Fsp3) is 0.429. The van der Waals surface area contributed by atoms with Crippen LogP contribution in [0.25, 0.3) is 0 Å². The van der Waals surface area contributed by atoms with Crippen LogP contribution >= 0.6 is 0 Å². The van der Waals surface area contributed by atoms with Gasteiger partial charge >= 0.3 is 0 Å². The zero-order valence-corrected chi connectivity index (χ0v) is 10.7. The van der Waals surface area contributed by atoms with Crippen molar-refractivity contribution in [2.75, 3.05) is 13.2 Å². The zero-order valence-electron chi connectivity index (χ0n) is 10.7. The maximum Gasteiger partial charge on any atom is 0.231 e. The maximum absolute atomic E-state index is 5.73. The number of rotatable bonds is 4. The molecule has 5 nitrogen and oxygen atoms in total. The maximum atomic E-state index is 5.73. The van der Waals surface area contributed by atoms with Crippen LogP contribution in [0.4, 0.5) is 0 Å². The molecule has 1 aromatic carbocycles. The number of hydrogen-bond donors (Lipinski definition) is 1. The molecule has 1 aliphatic rings. The summed E-state index contributed by atoms with van der Waals surface area (Å²) in [5.41, 5.74) is 7.98. The Hall–Kier alpha value is -1.72. The third kappa shape index (κ3) is 2.67. The summed E-state index contributed by atoms with van der Waals surface area (Å²) in [5.74, 6) is 1.68. The van der Waals surface area contributed by atoms with Crippen LogP contribution in [0.3, 0.4) is 0 Å². The van der Waals surface area contributed by atoms with Crippen molar-refractivity contribution in [3.8, 4) is 0 Å².